The van der Waals surface area contributed by atoms with E-state index in [0.717, 1.165) is 27.1 Å². The molecule has 0 spiro atoms. The lowest BCUT2D eigenvalue weighted by molar-refractivity contribution is 0.122. The molecule has 1 fully saturated rings. The van der Waals surface area contributed by atoms with E-state index < -0.39 is 0 Å². The molecule has 2 aliphatic rings. The molecule has 2 heterocycles. The van der Waals surface area contributed by atoms with Crippen LogP contribution in [0, 0.1) is 5.82 Å². The molecule has 5 aromatic carbocycles. The molecule has 6 aromatic rings. The lowest BCUT2D eigenvalue weighted by atomic mass is 9.80. The average Bonchev–Trinajstić information content (AvgIpc) is 3.35. The first-order chi connectivity index (χ1) is 19.8. The van der Waals surface area contributed by atoms with Gasteiger partial charge in [-0.05, 0) is 55.4 Å². The van der Waals surface area contributed by atoms with Crippen LogP contribution in [0.15, 0.2) is 109 Å². The van der Waals surface area contributed by atoms with Crippen molar-refractivity contribution in [1.82, 2.24) is 4.98 Å². The lowest BCUT2D eigenvalue weighted by Crippen LogP contribution is -2.37. The molecule has 4 heteroatoms. The summed E-state index contributed by atoms with van der Waals surface area (Å²) in [5.41, 5.74) is 7.99. The molecule has 40 heavy (non-hydrogen) atoms. The predicted octanol–water partition coefficient (Wildman–Crippen LogP) is 8.19. The third-order valence-corrected chi connectivity index (χ3v) is 8.55. The quantitative estimate of drug-likeness (QED) is 0.219. The maximum Gasteiger partial charge on any atom is 0.173 e. The molecule has 0 amide bonds. The predicted molar refractivity (Wildman–Crippen MR) is 160 cm³/mol. The molecular formula is C36H27FN2O. The Morgan fingerprint density at radius 1 is 0.625 bits per heavy atom. The third-order valence-electron chi connectivity index (χ3n) is 8.55. The highest BCUT2D eigenvalue weighted by Crippen LogP contribution is 2.52. The number of benzene rings is 5. The molecule has 1 saturated heterocycles. The summed E-state index contributed by atoms with van der Waals surface area (Å²) in [7, 11) is 0. The number of nitrogens with zero attached hydrogens (tertiary/aromatic N) is 2. The highest BCUT2D eigenvalue weighted by molar-refractivity contribution is 6.16. The van der Waals surface area contributed by atoms with Crippen LogP contribution in [0.4, 0.5) is 10.2 Å². The third kappa shape index (κ3) is 3.42. The minimum absolute atomic E-state index is 0.0856. The van der Waals surface area contributed by atoms with Crippen molar-refractivity contribution in [3.8, 4) is 22.3 Å². The van der Waals surface area contributed by atoms with Crippen LogP contribution in [-0.2, 0) is 4.74 Å². The first-order valence-corrected chi connectivity index (χ1v) is 13.9. The van der Waals surface area contributed by atoms with Crippen LogP contribution in [0.25, 0.3) is 43.8 Å². The normalized spacial score (nSPS) is 15.0. The average molecular weight is 523 g/mol. The standard InChI is InChI=1S/C36H27FN2O/c37-35-31(17-18-38-36(35)39-19-21-40-22-20-39)32-27-13-5-7-15-29(27)34(30-16-8-6-14-28(30)32)33-25-11-3-1-9-23(25)24-10-2-4-12-26(24)33/h1-18,33H,19-22H2. The smallest absolute Gasteiger partial charge is 0.173 e. The number of hydrogen-bond acceptors (Lipinski definition) is 3. The SMILES string of the molecule is Fc1c(-c2c3ccccc3c(C3c4ccccc4-c4ccccc43)c3ccccc23)ccnc1N1CCOCC1. The molecular weight excluding hydrogens is 495 g/mol. The Bertz CT molecular complexity index is 1820. The Labute approximate surface area is 232 Å². The van der Waals surface area contributed by atoms with Crippen molar-refractivity contribution in [2.45, 2.75) is 5.92 Å². The van der Waals surface area contributed by atoms with Gasteiger partial charge in [-0.15, -0.1) is 0 Å². The van der Waals surface area contributed by atoms with E-state index >= 15 is 4.39 Å². The van der Waals surface area contributed by atoms with E-state index in [1.165, 1.54) is 27.8 Å². The van der Waals surface area contributed by atoms with Gasteiger partial charge in [-0.3, -0.25) is 0 Å². The van der Waals surface area contributed by atoms with E-state index in [0.29, 0.717) is 37.7 Å². The first-order valence-electron chi connectivity index (χ1n) is 13.9. The van der Waals surface area contributed by atoms with Gasteiger partial charge in [0.15, 0.2) is 11.6 Å². The van der Waals surface area contributed by atoms with Crippen LogP contribution in [0.1, 0.15) is 22.6 Å². The highest BCUT2D eigenvalue weighted by atomic mass is 19.1. The maximum absolute atomic E-state index is 16.4. The number of rotatable bonds is 3. The van der Waals surface area contributed by atoms with Gasteiger partial charge in [-0.1, -0.05) is 97.1 Å². The maximum atomic E-state index is 16.4. The van der Waals surface area contributed by atoms with Crippen LogP contribution in [0.3, 0.4) is 0 Å². The van der Waals surface area contributed by atoms with Gasteiger partial charge in [0.2, 0.25) is 0 Å². The molecule has 0 radical (unpaired) electrons. The van der Waals surface area contributed by atoms with Crippen LogP contribution >= 0.6 is 0 Å². The summed E-state index contributed by atoms with van der Waals surface area (Å²) in [5.74, 6) is 0.211. The number of fused-ring (bicyclic) bond motifs is 5. The number of aromatic nitrogens is 1. The summed E-state index contributed by atoms with van der Waals surface area (Å²) in [6, 6.07) is 36.3. The number of anilines is 1. The Balaban J connectivity index is 1.45. The molecule has 0 saturated carbocycles. The number of halogens is 1. The minimum atomic E-state index is -0.274. The molecule has 1 aliphatic carbocycles. The molecule has 0 bridgehead atoms. The molecule has 8 rings (SSSR count). The van der Waals surface area contributed by atoms with Crippen LogP contribution in [0.5, 0.6) is 0 Å². The van der Waals surface area contributed by atoms with Crippen molar-refractivity contribution in [3.63, 3.8) is 0 Å². The van der Waals surface area contributed by atoms with Gasteiger partial charge < -0.3 is 9.64 Å². The molecule has 1 aliphatic heterocycles. The first kappa shape index (κ1) is 23.4. The van der Waals surface area contributed by atoms with E-state index in [2.05, 4.69) is 102 Å². The van der Waals surface area contributed by atoms with Crippen LogP contribution in [-0.4, -0.2) is 31.3 Å². The lowest BCUT2D eigenvalue weighted by Gasteiger charge is -2.29. The Morgan fingerprint density at radius 2 is 1.15 bits per heavy atom. The number of ether oxygens (including phenoxy) is 1. The van der Waals surface area contributed by atoms with Crippen molar-refractivity contribution in [2.75, 3.05) is 31.2 Å². The van der Waals surface area contributed by atoms with Gasteiger partial charge in [0, 0.05) is 36.3 Å². The molecule has 0 atom stereocenters. The number of pyridine rings is 1. The monoisotopic (exact) mass is 522 g/mol. The van der Waals surface area contributed by atoms with Crippen molar-refractivity contribution in [2.24, 2.45) is 0 Å². The van der Waals surface area contributed by atoms with Crippen molar-refractivity contribution in [1.29, 1.82) is 0 Å². The fourth-order valence-electron chi connectivity index (χ4n) is 6.85. The second-order valence-electron chi connectivity index (χ2n) is 10.6. The molecule has 1 aromatic heterocycles. The van der Waals surface area contributed by atoms with Gasteiger partial charge in [0.1, 0.15) is 0 Å². The Hall–Kier alpha value is -4.54. The second kappa shape index (κ2) is 9.29. The van der Waals surface area contributed by atoms with Gasteiger partial charge in [0.25, 0.3) is 0 Å². The fourth-order valence-corrected chi connectivity index (χ4v) is 6.85. The minimum Gasteiger partial charge on any atom is -0.378 e. The Morgan fingerprint density at radius 3 is 1.75 bits per heavy atom. The zero-order valence-corrected chi connectivity index (χ0v) is 22.0. The Kier molecular flexibility index (Phi) is 5.42. The van der Waals surface area contributed by atoms with Gasteiger partial charge in [-0.25, -0.2) is 9.37 Å². The summed E-state index contributed by atoms with van der Waals surface area (Å²) in [4.78, 5) is 6.47. The zero-order chi connectivity index (χ0) is 26.6. The fraction of sp³-hybridized carbons (Fsp3) is 0.139. The topological polar surface area (TPSA) is 25.4 Å². The van der Waals surface area contributed by atoms with Gasteiger partial charge in [0.05, 0.1) is 13.2 Å². The summed E-state index contributed by atoms with van der Waals surface area (Å²) in [6.45, 7) is 2.43. The van der Waals surface area contributed by atoms with Crippen LogP contribution < -0.4 is 4.90 Å². The van der Waals surface area contributed by atoms with Crippen molar-refractivity contribution < 1.29 is 9.13 Å². The second-order valence-corrected chi connectivity index (χ2v) is 10.6. The van der Waals surface area contributed by atoms with E-state index in [1.807, 2.05) is 11.0 Å². The number of morpholine rings is 1. The highest BCUT2D eigenvalue weighted by Gasteiger charge is 2.33. The molecule has 0 N–H and O–H groups in total. The summed E-state index contributed by atoms with van der Waals surface area (Å²) < 4.78 is 22.0. The van der Waals surface area contributed by atoms with Gasteiger partial charge >= 0.3 is 0 Å². The summed E-state index contributed by atoms with van der Waals surface area (Å²) in [6.07, 6.45) is 1.74. The summed E-state index contributed by atoms with van der Waals surface area (Å²) >= 11 is 0. The largest absolute Gasteiger partial charge is 0.378 e. The van der Waals surface area contributed by atoms with Crippen molar-refractivity contribution in [3.05, 3.63) is 132 Å². The van der Waals surface area contributed by atoms with Gasteiger partial charge in [-0.2, -0.15) is 0 Å². The number of hydrogen-bond donors (Lipinski definition) is 0. The van der Waals surface area contributed by atoms with E-state index in [4.69, 9.17) is 4.74 Å². The molecule has 194 valence electrons. The van der Waals surface area contributed by atoms with E-state index in [-0.39, 0.29) is 11.7 Å². The zero-order valence-electron chi connectivity index (χ0n) is 22.0. The molecule has 0 unspecified atom stereocenters. The summed E-state index contributed by atoms with van der Waals surface area (Å²) in [5, 5.41) is 4.40. The van der Waals surface area contributed by atoms with E-state index in [1.54, 1.807) is 6.20 Å². The molecule has 3 nitrogen and oxygen atoms in total. The van der Waals surface area contributed by atoms with E-state index in [9.17, 15) is 0 Å². The van der Waals surface area contributed by atoms with Crippen molar-refractivity contribution >= 4 is 27.4 Å². The van der Waals surface area contributed by atoms with Crippen LogP contribution in [0.2, 0.25) is 0 Å².